The molecule has 0 saturated carbocycles. The van der Waals surface area contributed by atoms with Crippen LogP contribution in [0.3, 0.4) is 0 Å². The van der Waals surface area contributed by atoms with Crippen LogP contribution in [0.15, 0.2) is 0 Å². The third-order valence-electron chi connectivity index (χ3n) is 2.40. The molecule has 0 aliphatic carbocycles. The maximum absolute atomic E-state index is 5.09. The van der Waals surface area contributed by atoms with Crippen molar-refractivity contribution in [3.05, 3.63) is 0 Å². The third-order valence-corrected chi connectivity index (χ3v) is 2.40. The van der Waals surface area contributed by atoms with Crippen LogP contribution in [0, 0.1) is 5.92 Å². The number of hydrogen-bond acceptors (Lipinski definition) is 3. The second-order valence-corrected chi connectivity index (χ2v) is 4.20. The minimum Gasteiger partial charge on any atom is -0.384 e. The highest BCUT2D eigenvalue weighted by atomic mass is 16.5. The Morgan fingerprint density at radius 1 is 1.07 bits per heavy atom. The van der Waals surface area contributed by atoms with Crippen LogP contribution >= 0.6 is 0 Å². The maximum atomic E-state index is 5.09. The van der Waals surface area contributed by atoms with E-state index in [1.54, 1.807) is 7.11 Å². The van der Waals surface area contributed by atoms with Crippen LogP contribution in [-0.2, 0) is 4.74 Å². The lowest BCUT2D eigenvalue weighted by molar-refractivity contribution is 0.155. The van der Waals surface area contributed by atoms with Crippen molar-refractivity contribution < 1.29 is 4.74 Å². The van der Waals surface area contributed by atoms with E-state index in [-0.39, 0.29) is 0 Å². The second-order valence-electron chi connectivity index (χ2n) is 4.20. The second kappa shape index (κ2) is 12.0. The molecule has 1 atom stereocenters. The summed E-state index contributed by atoms with van der Waals surface area (Å²) in [7, 11) is 1.77. The van der Waals surface area contributed by atoms with E-state index in [9.17, 15) is 0 Å². The van der Waals surface area contributed by atoms with Crippen LogP contribution in [0.4, 0.5) is 0 Å². The van der Waals surface area contributed by atoms with E-state index >= 15 is 0 Å². The van der Waals surface area contributed by atoms with Gasteiger partial charge in [0.15, 0.2) is 0 Å². The quantitative estimate of drug-likeness (QED) is 0.515. The first kappa shape index (κ1) is 14.9. The van der Waals surface area contributed by atoms with Crippen molar-refractivity contribution in [1.29, 1.82) is 0 Å². The Bertz CT molecular complexity index is 120. The normalized spacial score (nSPS) is 13.0. The molecule has 2 N–H and O–H groups in total. The highest BCUT2D eigenvalue weighted by molar-refractivity contribution is 4.56. The van der Waals surface area contributed by atoms with Gasteiger partial charge in [0.2, 0.25) is 0 Å². The molecule has 3 heteroatoms. The molecule has 0 rings (SSSR count). The van der Waals surface area contributed by atoms with Gasteiger partial charge in [-0.25, -0.2) is 0 Å². The molecule has 1 unspecified atom stereocenters. The molecule has 15 heavy (non-hydrogen) atoms. The fourth-order valence-electron chi connectivity index (χ4n) is 1.48. The van der Waals surface area contributed by atoms with Crippen molar-refractivity contribution in [2.24, 2.45) is 5.92 Å². The summed E-state index contributed by atoms with van der Waals surface area (Å²) in [4.78, 5) is 0. The zero-order valence-corrected chi connectivity index (χ0v) is 10.6. The molecule has 3 nitrogen and oxygen atoms in total. The van der Waals surface area contributed by atoms with E-state index in [1.165, 1.54) is 19.3 Å². The van der Waals surface area contributed by atoms with Gasteiger partial charge in [-0.1, -0.05) is 13.8 Å². The smallest absolute Gasteiger partial charge is 0.0488 e. The predicted molar refractivity (Wildman–Crippen MR) is 66.3 cm³/mol. The molecule has 0 saturated heterocycles. The summed E-state index contributed by atoms with van der Waals surface area (Å²) in [6.45, 7) is 9.81. The molecule has 0 aromatic carbocycles. The van der Waals surface area contributed by atoms with Crippen molar-refractivity contribution in [3.8, 4) is 0 Å². The zero-order valence-electron chi connectivity index (χ0n) is 10.6. The monoisotopic (exact) mass is 216 g/mol. The largest absolute Gasteiger partial charge is 0.384 e. The molecule has 0 aliphatic rings. The first-order chi connectivity index (χ1) is 7.31. The van der Waals surface area contributed by atoms with Crippen LogP contribution in [-0.4, -0.2) is 39.9 Å². The van der Waals surface area contributed by atoms with Gasteiger partial charge >= 0.3 is 0 Å². The van der Waals surface area contributed by atoms with Crippen molar-refractivity contribution in [2.45, 2.75) is 33.1 Å². The van der Waals surface area contributed by atoms with Crippen LogP contribution in [0.2, 0.25) is 0 Å². The lowest BCUT2D eigenvalue weighted by Gasteiger charge is -2.10. The first-order valence-electron chi connectivity index (χ1n) is 6.21. The molecule has 92 valence electrons. The number of rotatable bonds is 11. The third kappa shape index (κ3) is 11.8. The molecule has 0 radical (unpaired) electrons. The van der Waals surface area contributed by atoms with Crippen LogP contribution in [0.25, 0.3) is 0 Å². The van der Waals surface area contributed by atoms with E-state index in [2.05, 4.69) is 24.5 Å². The van der Waals surface area contributed by atoms with Crippen molar-refractivity contribution in [1.82, 2.24) is 10.6 Å². The van der Waals surface area contributed by atoms with Gasteiger partial charge in [0.1, 0.15) is 0 Å². The molecule has 0 heterocycles. The van der Waals surface area contributed by atoms with Gasteiger partial charge in [-0.2, -0.15) is 0 Å². The van der Waals surface area contributed by atoms with E-state index < -0.39 is 0 Å². The molecule has 0 amide bonds. The predicted octanol–water partition coefficient (Wildman–Crippen LogP) is 1.64. The van der Waals surface area contributed by atoms with Crippen LogP contribution in [0.5, 0.6) is 0 Å². The molecule has 0 fully saturated rings. The summed E-state index contributed by atoms with van der Waals surface area (Å²) < 4.78 is 5.09. The Morgan fingerprint density at radius 2 is 1.73 bits per heavy atom. The zero-order chi connectivity index (χ0) is 11.4. The molecule has 0 aromatic heterocycles. The minimum absolute atomic E-state index is 0.667. The Balaban J connectivity index is 2.98. The van der Waals surface area contributed by atoms with Crippen molar-refractivity contribution in [3.63, 3.8) is 0 Å². The van der Waals surface area contributed by atoms with Gasteiger partial charge < -0.3 is 15.4 Å². The number of nitrogens with one attached hydrogen (secondary N) is 2. The Hall–Kier alpha value is -0.120. The fraction of sp³-hybridized carbons (Fsp3) is 1.00. The van der Waals surface area contributed by atoms with E-state index in [1.807, 2.05) is 0 Å². The van der Waals surface area contributed by atoms with Gasteiger partial charge in [-0.15, -0.1) is 0 Å². The maximum Gasteiger partial charge on any atom is 0.0488 e. The van der Waals surface area contributed by atoms with Crippen LogP contribution in [0.1, 0.15) is 33.1 Å². The lowest BCUT2D eigenvalue weighted by Crippen LogP contribution is -2.24. The molecule has 0 spiro atoms. The van der Waals surface area contributed by atoms with Gasteiger partial charge in [0.05, 0.1) is 0 Å². The number of hydrogen-bond donors (Lipinski definition) is 2. The van der Waals surface area contributed by atoms with Gasteiger partial charge in [-0.3, -0.25) is 0 Å². The SMILES string of the molecule is CCCNCCCNCCC(C)COC. The fourth-order valence-corrected chi connectivity index (χ4v) is 1.48. The molecular formula is C12H28N2O. The lowest BCUT2D eigenvalue weighted by atomic mass is 10.1. The van der Waals surface area contributed by atoms with E-state index in [0.29, 0.717) is 5.92 Å². The Kier molecular flexibility index (Phi) is 11.9. The van der Waals surface area contributed by atoms with E-state index in [0.717, 1.165) is 32.8 Å². The Labute approximate surface area is 95.0 Å². The summed E-state index contributed by atoms with van der Waals surface area (Å²) in [6.07, 6.45) is 3.65. The highest BCUT2D eigenvalue weighted by Gasteiger charge is 1.99. The van der Waals surface area contributed by atoms with Crippen LogP contribution < -0.4 is 10.6 Å². The summed E-state index contributed by atoms with van der Waals surface area (Å²) in [6, 6.07) is 0. The Morgan fingerprint density at radius 3 is 2.33 bits per heavy atom. The van der Waals surface area contributed by atoms with Crippen molar-refractivity contribution in [2.75, 3.05) is 39.9 Å². The average Bonchev–Trinajstić information content (AvgIpc) is 2.22. The molecule has 0 bridgehead atoms. The summed E-state index contributed by atoms with van der Waals surface area (Å²) >= 11 is 0. The molecule has 0 aliphatic heterocycles. The van der Waals surface area contributed by atoms with Gasteiger partial charge in [-0.05, 0) is 51.4 Å². The summed E-state index contributed by atoms with van der Waals surface area (Å²) in [5, 5.41) is 6.85. The average molecular weight is 216 g/mol. The van der Waals surface area contributed by atoms with Gasteiger partial charge in [0, 0.05) is 13.7 Å². The summed E-state index contributed by atoms with van der Waals surface area (Å²) in [5.41, 5.74) is 0. The number of methoxy groups -OCH3 is 1. The van der Waals surface area contributed by atoms with Gasteiger partial charge in [0.25, 0.3) is 0 Å². The highest BCUT2D eigenvalue weighted by Crippen LogP contribution is 1.99. The standard InChI is InChI=1S/C12H28N2O/c1-4-7-13-8-5-9-14-10-6-12(2)11-15-3/h12-14H,4-11H2,1-3H3. The first-order valence-corrected chi connectivity index (χ1v) is 6.21. The van der Waals surface area contributed by atoms with E-state index in [4.69, 9.17) is 4.74 Å². The molecular weight excluding hydrogens is 188 g/mol. The topological polar surface area (TPSA) is 33.3 Å². The minimum atomic E-state index is 0.667. The summed E-state index contributed by atoms with van der Waals surface area (Å²) in [5.74, 6) is 0.667. The number of ether oxygens (including phenoxy) is 1. The van der Waals surface area contributed by atoms with Crippen molar-refractivity contribution >= 4 is 0 Å². The molecule has 0 aromatic rings.